The van der Waals surface area contributed by atoms with Gasteiger partial charge < -0.3 is 5.11 Å². The molecule has 0 saturated heterocycles. The highest BCUT2D eigenvalue weighted by atomic mass is 35.5. The molecule has 0 unspecified atom stereocenters. The maximum atomic E-state index is 12.1. The van der Waals surface area contributed by atoms with Crippen LogP contribution in [0, 0.1) is 0 Å². The lowest BCUT2D eigenvalue weighted by molar-refractivity contribution is -0.207. The molecule has 1 saturated carbocycles. The molecule has 0 aromatic heterocycles. The van der Waals surface area contributed by atoms with E-state index >= 15 is 0 Å². The van der Waals surface area contributed by atoms with Crippen LogP contribution in [0.25, 0.3) is 0 Å². The van der Waals surface area contributed by atoms with Crippen LogP contribution in [-0.4, -0.2) is 11.1 Å². The third-order valence-corrected chi connectivity index (χ3v) is 5.00. The van der Waals surface area contributed by atoms with Gasteiger partial charge in [-0.05, 0) is 30.6 Å². The Morgan fingerprint density at radius 1 is 1.12 bits per heavy atom. The first-order valence-corrected chi connectivity index (χ1v) is 7.57. The SMILES string of the molecule is [O-]C(=PC1CCCC1)c1c(Cl)cc(Cl)cc1Cl. The minimum atomic E-state index is 0.00330. The summed E-state index contributed by atoms with van der Waals surface area (Å²) in [5, 5.41) is 13.3. The Bertz CT molecular complexity index is 430. The molecule has 0 heterocycles. The van der Waals surface area contributed by atoms with Crippen LogP contribution in [0.15, 0.2) is 12.1 Å². The fourth-order valence-electron chi connectivity index (χ4n) is 2.01. The van der Waals surface area contributed by atoms with E-state index in [2.05, 4.69) is 0 Å². The number of rotatable bonds is 2. The highest BCUT2D eigenvalue weighted by Gasteiger charge is 2.14. The quantitative estimate of drug-likeness (QED) is 0.744. The van der Waals surface area contributed by atoms with E-state index < -0.39 is 0 Å². The third kappa shape index (κ3) is 3.36. The Morgan fingerprint density at radius 2 is 1.65 bits per heavy atom. The van der Waals surface area contributed by atoms with E-state index in [0.717, 1.165) is 21.0 Å². The zero-order chi connectivity index (χ0) is 12.4. The van der Waals surface area contributed by atoms with Crippen molar-refractivity contribution in [3.05, 3.63) is 32.8 Å². The topological polar surface area (TPSA) is 23.1 Å². The van der Waals surface area contributed by atoms with Crippen molar-refractivity contribution in [3.63, 3.8) is 0 Å². The summed E-state index contributed by atoms with van der Waals surface area (Å²) in [4.78, 5) is 0. The van der Waals surface area contributed by atoms with Crippen molar-refractivity contribution in [1.29, 1.82) is 0 Å². The molecule has 5 heteroatoms. The van der Waals surface area contributed by atoms with Gasteiger partial charge in [-0.25, -0.2) is 0 Å². The van der Waals surface area contributed by atoms with Gasteiger partial charge in [0.25, 0.3) is 0 Å². The molecule has 1 aromatic rings. The van der Waals surface area contributed by atoms with Crippen LogP contribution in [0.1, 0.15) is 31.2 Å². The summed E-state index contributed by atoms with van der Waals surface area (Å²) < 4.78 is 0. The molecule has 2 rings (SSSR count). The van der Waals surface area contributed by atoms with Gasteiger partial charge in [-0.3, -0.25) is 0 Å². The van der Waals surface area contributed by atoms with Crippen LogP contribution in [0.5, 0.6) is 0 Å². The van der Waals surface area contributed by atoms with Crippen LogP contribution in [-0.2, 0) is 0 Å². The van der Waals surface area contributed by atoms with Crippen molar-refractivity contribution in [1.82, 2.24) is 0 Å². The molecule has 0 bridgehead atoms. The molecule has 1 aromatic carbocycles. The monoisotopic (exact) mass is 307 g/mol. The molecule has 0 radical (unpaired) electrons. The average Bonchev–Trinajstić information content (AvgIpc) is 2.68. The zero-order valence-electron chi connectivity index (χ0n) is 9.05. The minimum absolute atomic E-state index is 0.00330. The van der Waals surface area contributed by atoms with Gasteiger partial charge in [0.2, 0.25) is 0 Å². The van der Waals surface area contributed by atoms with Crippen molar-refractivity contribution in [2.75, 3.05) is 0 Å². The highest BCUT2D eigenvalue weighted by molar-refractivity contribution is 7.41. The van der Waals surface area contributed by atoms with E-state index in [1.807, 2.05) is 0 Å². The molecule has 1 nitrogen and oxygen atoms in total. The van der Waals surface area contributed by atoms with E-state index in [0.29, 0.717) is 26.3 Å². The van der Waals surface area contributed by atoms with Crippen LogP contribution in [0.2, 0.25) is 15.1 Å². The molecule has 17 heavy (non-hydrogen) atoms. The summed E-state index contributed by atoms with van der Waals surface area (Å²) in [6.07, 6.45) is 4.67. The summed E-state index contributed by atoms with van der Waals surface area (Å²) in [5.74, 6) is 0. The van der Waals surface area contributed by atoms with Gasteiger partial charge >= 0.3 is 0 Å². The maximum absolute atomic E-state index is 12.1. The predicted molar refractivity (Wildman–Crippen MR) is 74.8 cm³/mol. The number of benzene rings is 1. The molecule has 0 atom stereocenters. The summed E-state index contributed by atoms with van der Waals surface area (Å²) in [6.45, 7) is 0. The fraction of sp³-hybridized carbons (Fsp3) is 0.417. The normalized spacial score (nSPS) is 17.8. The van der Waals surface area contributed by atoms with Crippen molar-refractivity contribution in [3.8, 4) is 0 Å². The van der Waals surface area contributed by atoms with Crippen LogP contribution >= 0.6 is 43.0 Å². The van der Waals surface area contributed by atoms with Crippen LogP contribution in [0.3, 0.4) is 0 Å². The van der Waals surface area contributed by atoms with E-state index in [-0.39, 0.29) is 5.48 Å². The molecular weight excluding hydrogens is 297 g/mol. The first kappa shape index (κ1) is 13.6. The Hall–Kier alpha value is 0.220. The summed E-state index contributed by atoms with van der Waals surface area (Å²) in [7, 11) is 0.810. The second-order valence-corrected chi connectivity index (χ2v) is 6.76. The van der Waals surface area contributed by atoms with Crippen molar-refractivity contribution >= 4 is 48.5 Å². The van der Waals surface area contributed by atoms with E-state index in [9.17, 15) is 5.11 Å². The van der Waals surface area contributed by atoms with Gasteiger partial charge in [0.1, 0.15) is 0 Å². The van der Waals surface area contributed by atoms with Crippen LogP contribution in [0.4, 0.5) is 0 Å². The standard InChI is InChI=1S/C12H12Cl3OP/c13-7-5-9(14)11(10(15)6-7)12(16)17-8-3-1-2-4-8/h5-6,8,16H,1-4H2/p-1. The third-order valence-electron chi connectivity index (χ3n) is 2.85. The van der Waals surface area contributed by atoms with Gasteiger partial charge in [-0.15, -0.1) is 13.7 Å². The lowest BCUT2D eigenvalue weighted by Gasteiger charge is -2.17. The number of hydrogen-bond acceptors (Lipinski definition) is 1. The first-order valence-electron chi connectivity index (χ1n) is 5.47. The Kier molecular flexibility index (Phi) is 4.74. The van der Waals surface area contributed by atoms with Gasteiger partial charge in [0.15, 0.2) is 0 Å². The number of hydrogen-bond donors (Lipinski definition) is 0. The van der Waals surface area contributed by atoms with E-state index in [1.165, 1.54) is 12.8 Å². The Balaban J connectivity index is 2.32. The second-order valence-electron chi connectivity index (χ2n) is 4.12. The zero-order valence-corrected chi connectivity index (χ0v) is 12.2. The van der Waals surface area contributed by atoms with E-state index in [1.54, 1.807) is 12.1 Å². The second kappa shape index (κ2) is 5.91. The lowest BCUT2D eigenvalue weighted by atomic mass is 10.2. The smallest absolute Gasteiger partial charge is 0.0501 e. The largest absolute Gasteiger partial charge is 0.823 e. The van der Waals surface area contributed by atoms with Gasteiger partial charge in [0.05, 0.1) is 10.0 Å². The number of halogens is 3. The van der Waals surface area contributed by atoms with Gasteiger partial charge in [-0.1, -0.05) is 47.6 Å². The molecule has 1 fully saturated rings. The van der Waals surface area contributed by atoms with Crippen LogP contribution < -0.4 is 5.11 Å². The van der Waals surface area contributed by atoms with Gasteiger partial charge in [-0.2, -0.15) is 0 Å². The molecule has 92 valence electrons. The average molecular weight is 309 g/mol. The fourth-order valence-corrected chi connectivity index (χ4v) is 4.46. The molecule has 1 aliphatic rings. The van der Waals surface area contributed by atoms with Gasteiger partial charge in [0, 0.05) is 10.6 Å². The Labute approximate surface area is 117 Å². The minimum Gasteiger partial charge on any atom is -0.823 e. The lowest BCUT2D eigenvalue weighted by Crippen LogP contribution is -2.18. The highest BCUT2D eigenvalue weighted by Crippen LogP contribution is 2.34. The molecule has 0 spiro atoms. The summed E-state index contributed by atoms with van der Waals surface area (Å²) in [6, 6.07) is 3.12. The molecule has 0 N–H and O–H groups in total. The molecular formula is C12H11Cl3OP-. The van der Waals surface area contributed by atoms with Crippen molar-refractivity contribution in [2.24, 2.45) is 0 Å². The predicted octanol–water partition coefficient (Wildman–Crippen LogP) is 4.37. The summed E-state index contributed by atoms with van der Waals surface area (Å²) >= 11 is 17.9. The molecule has 0 amide bonds. The molecule has 1 aliphatic carbocycles. The summed E-state index contributed by atoms with van der Waals surface area (Å²) in [5.41, 5.74) is 0.875. The van der Waals surface area contributed by atoms with Crippen molar-refractivity contribution < 1.29 is 5.11 Å². The maximum Gasteiger partial charge on any atom is 0.0501 e. The van der Waals surface area contributed by atoms with Crippen molar-refractivity contribution in [2.45, 2.75) is 31.3 Å². The Morgan fingerprint density at radius 3 is 2.18 bits per heavy atom. The first-order chi connectivity index (χ1) is 8.08. The molecule has 0 aliphatic heterocycles. The van der Waals surface area contributed by atoms with E-state index in [4.69, 9.17) is 34.8 Å².